The van der Waals surface area contributed by atoms with Crippen molar-refractivity contribution >= 4 is 27.3 Å². The molecule has 3 N–H and O–H groups in total. The average molecular weight is 337 g/mol. The van der Waals surface area contributed by atoms with E-state index < -0.39 is 5.82 Å². The van der Waals surface area contributed by atoms with Gasteiger partial charge in [-0.25, -0.2) is 4.39 Å². The second-order valence-corrected chi connectivity index (χ2v) is 6.31. The molecule has 0 heterocycles. The normalized spacial score (nSPS) is 11.4. The molecule has 0 bridgehead atoms. The van der Waals surface area contributed by atoms with Crippen LogP contribution in [0.4, 0.5) is 15.8 Å². The summed E-state index contributed by atoms with van der Waals surface area (Å²) in [5.41, 5.74) is 7.50. The number of nitrogen functional groups attached to an aromatic ring is 1. The number of nitrogens with one attached hydrogen (secondary N) is 1. The third kappa shape index (κ3) is 3.31. The lowest BCUT2D eigenvalue weighted by Gasteiger charge is -2.27. The molecule has 0 saturated heterocycles. The third-order valence-electron chi connectivity index (χ3n) is 3.34. The van der Waals surface area contributed by atoms with Gasteiger partial charge in [-0.05, 0) is 29.8 Å². The maximum atomic E-state index is 13.4. The van der Waals surface area contributed by atoms with E-state index >= 15 is 0 Å². The van der Waals surface area contributed by atoms with Crippen molar-refractivity contribution < 1.29 is 4.39 Å². The van der Waals surface area contributed by atoms with Crippen molar-refractivity contribution in [2.24, 2.45) is 0 Å². The van der Waals surface area contributed by atoms with Crippen molar-refractivity contribution in [2.45, 2.75) is 19.3 Å². The largest absolute Gasteiger partial charge is 0.396 e. The van der Waals surface area contributed by atoms with E-state index in [4.69, 9.17) is 5.73 Å². The number of anilines is 2. The number of nitrogens with two attached hydrogens (primary N) is 1. The van der Waals surface area contributed by atoms with Crippen LogP contribution in [0.15, 0.2) is 46.9 Å². The van der Waals surface area contributed by atoms with Crippen molar-refractivity contribution in [3.63, 3.8) is 0 Å². The minimum atomic E-state index is -0.395. The lowest BCUT2D eigenvalue weighted by Crippen LogP contribution is -2.28. The molecule has 0 saturated carbocycles. The molecule has 0 amide bonds. The molecular weight excluding hydrogens is 319 g/mol. The second-order valence-electron chi connectivity index (χ2n) is 5.45. The van der Waals surface area contributed by atoms with Crippen LogP contribution in [0.3, 0.4) is 0 Å². The van der Waals surface area contributed by atoms with Crippen LogP contribution >= 0.6 is 15.9 Å². The topological polar surface area (TPSA) is 38.0 Å². The standard InChI is InChI=1S/C16H18BrFN2/c1-16(2,12-5-3-4-6-13(12)17)10-20-11-7-8-15(19)14(18)9-11/h3-9,20H,10,19H2,1-2H3. The maximum absolute atomic E-state index is 13.4. The van der Waals surface area contributed by atoms with Gasteiger partial charge in [-0.15, -0.1) is 0 Å². The molecule has 2 rings (SSSR count). The SMILES string of the molecule is CC(C)(CNc1ccc(N)c(F)c1)c1ccccc1Br. The van der Waals surface area contributed by atoms with Crippen molar-refractivity contribution in [1.29, 1.82) is 0 Å². The first kappa shape index (κ1) is 14.9. The van der Waals surface area contributed by atoms with Crippen molar-refractivity contribution in [1.82, 2.24) is 0 Å². The summed E-state index contributed by atoms with van der Waals surface area (Å²) >= 11 is 3.58. The molecule has 0 atom stereocenters. The van der Waals surface area contributed by atoms with Crippen LogP contribution < -0.4 is 11.1 Å². The molecule has 0 unspecified atom stereocenters. The van der Waals surface area contributed by atoms with Gasteiger partial charge in [0.1, 0.15) is 5.82 Å². The lowest BCUT2D eigenvalue weighted by atomic mass is 9.84. The summed E-state index contributed by atoms with van der Waals surface area (Å²) in [5.74, 6) is -0.395. The molecule has 2 nitrogen and oxygen atoms in total. The molecule has 0 aromatic heterocycles. The number of benzene rings is 2. The van der Waals surface area contributed by atoms with Crippen LogP contribution in [0.1, 0.15) is 19.4 Å². The van der Waals surface area contributed by atoms with Crippen LogP contribution in [0.25, 0.3) is 0 Å². The van der Waals surface area contributed by atoms with Crippen LogP contribution in [0.5, 0.6) is 0 Å². The first-order chi connectivity index (χ1) is 9.40. The van der Waals surface area contributed by atoms with E-state index in [1.807, 2.05) is 18.2 Å². The first-order valence-corrected chi connectivity index (χ1v) is 7.23. The molecule has 4 heteroatoms. The number of rotatable bonds is 4. The summed E-state index contributed by atoms with van der Waals surface area (Å²) in [6.07, 6.45) is 0. The van der Waals surface area contributed by atoms with Crippen LogP contribution in [0.2, 0.25) is 0 Å². The highest BCUT2D eigenvalue weighted by Gasteiger charge is 2.22. The van der Waals surface area contributed by atoms with Gasteiger partial charge in [-0.3, -0.25) is 0 Å². The van der Waals surface area contributed by atoms with E-state index in [1.54, 1.807) is 12.1 Å². The monoisotopic (exact) mass is 336 g/mol. The number of halogens is 2. The maximum Gasteiger partial charge on any atom is 0.148 e. The molecule has 0 aliphatic heterocycles. The zero-order valence-electron chi connectivity index (χ0n) is 11.6. The van der Waals surface area contributed by atoms with Crippen LogP contribution in [-0.4, -0.2) is 6.54 Å². The Morgan fingerprint density at radius 2 is 1.90 bits per heavy atom. The Bertz CT molecular complexity index is 611. The van der Waals surface area contributed by atoms with Crippen molar-refractivity contribution in [3.05, 3.63) is 58.3 Å². The van der Waals surface area contributed by atoms with Gasteiger partial charge >= 0.3 is 0 Å². The van der Waals surface area contributed by atoms with Gasteiger partial charge in [-0.1, -0.05) is 48.0 Å². The minimum Gasteiger partial charge on any atom is -0.396 e. The van der Waals surface area contributed by atoms with E-state index in [1.165, 1.54) is 11.6 Å². The Labute approximate surface area is 127 Å². The summed E-state index contributed by atoms with van der Waals surface area (Å²) < 4.78 is 14.5. The molecule has 0 radical (unpaired) electrons. The van der Waals surface area contributed by atoms with E-state index in [-0.39, 0.29) is 11.1 Å². The number of hydrogen-bond acceptors (Lipinski definition) is 2. The third-order valence-corrected chi connectivity index (χ3v) is 4.03. The molecule has 106 valence electrons. The Balaban J connectivity index is 2.13. The Kier molecular flexibility index (Phi) is 4.33. The van der Waals surface area contributed by atoms with Gasteiger partial charge in [0, 0.05) is 22.1 Å². The zero-order valence-corrected chi connectivity index (χ0v) is 13.2. The molecule has 0 aliphatic carbocycles. The average Bonchev–Trinajstić information content (AvgIpc) is 2.40. The smallest absolute Gasteiger partial charge is 0.148 e. The predicted octanol–water partition coefficient (Wildman–Crippen LogP) is 4.56. The highest BCUT2D eigenvalue weighted by molar-refractivity contribution is 9.10. The van der Waals surface area contributed by atoms with Crippen LogP contribution in [0, 0.1) is 5.82 Å². The zero-order chi connectivity index (χ0) is 14.8. The molecule has 2 aromatic carbocycles. The minimum absolute atomic E-state index is 0.0854. The van der Waals surface area contributed by atoms with E-state index in [0.29, 0.717) is 6.54 Å². The van der Waals surface area contributed by atoms with Crippen LogP contribution in [-0.2, 0) is 5.41 Å². The van der Waals surface area contributed by atoms with Crippen molar-refractivity contribution in [2.75, 3.05) is 17.6 Å². The molecule has 0 spiro atoms. The Hall–Kier alpha value is -1.55. The Morgan fingerprint density at radius 1 is 1.20 bits per heavy atom. The van der Waals surface area contributed by atoms with E-state index in [0.717, 1.165) is 10.2 Å². The van der Waals surface area contributed by atoms with E-state index in [2.05, 4.69) is 41.2 Å². The molecule has 0 aliphatic rings. The molecule has 20 heavy (non-hydrogen) atoms. The second kappa shape index (κ2) is 5.83. The van der Waals surface area contributed by atoms with Gasteiger partial charge in [0.15, 0.2) is 0 Å². The Morgan fingerprint density at radius 3 is 2.55 bits per heavy atom. The fourth-order valence-electron chi connectivity index (χ4n) is 2.07. The van der Waals surface area contributed by atoms with Gasteiger partial charge in [0.2, 0.25) is 0 Å². The molecule has 0 fully saturated rings. The van der Waals surface area contributed by atoms with Gasteiger partial charge in [0.25, 0.3) is 0 Å². The highest BCUT2D eigenvalue weighted by Crippen LogP contribution is 2.30. The summed E-state index contributed by atoms with van der Waals surface area (Å²) in [6, 6.07) is 12.9. The fraction of sp³-hybridized carbons (Fsp3) is 0.250. The van der Waals surface area contributed by atoms with Crippen molar-refractivity contribution in [3.8, 4) is 0 Å². The highest BCUT2D eigenvalue weighted by atomic mass is 79.9. The van der Waals surface area contributed by atoms with Gasteiger partial charge in [-0.2, -0.15) is 0 Å². The summed E-state index contributed by atoms with van der Waals surface area (Å²) in [4.78, 5) is 0. The molecular formula is C16H18BrFN2. The number of hydrogen-bond donors (Lipinski definition) is 2. The molecule has 2 aromatic rings. The lowest BCUT2D eigenvalue weighted by molar-refractivity contribution is 0.554. The van der Waals surface area contributed by atoms with Gasteiger partial charge in [0.05, 0.1) is 5.69 Å². The van der Waals surface area contributed by atoms with Gasteiger partial charge < -0.3 is 11.1 Å². The van der Waals surface area contributed by atoms with E-state index in [9.17, 15) is 4.39 Å². The predicted molar refractivity (Wildman–Crippen MR) is 86.5 cm³/mol. The summed E-state index contributed by atoms with van der Waals surface area (Å²) in [7, 11) is 0. The first-order valence-electron chi connectivity index (χ1n) is 6.44. The quantitative estimate of drug-likeness (QED) is 0.803. The summed E-state index contributed by atoms with van der Waals surface area (Å²) in [6.45, 7) is 4.99. The fourth-order valence-corrected chi connectivity index (χ4v) is 2.89. The summed E-state index contributed by atoms with van der Waals surface area (Å²) in [5, 5.41) is 3.26.